The van der Waals surface area contributed by atoms with E-state index < -0.39 is 9.84 Å². The molecule has 0 aliphatic carbocycles. The first-order chi connectivity index (χ1) is 8.46. The lowest BCUT2D eigenvalue weighted by Gasteiger charge is -2.21. The number of hydrogen-bond acceptors (Lipinski definition) is 3. The van der Waals surface area contributed by atoms with Crippen LogP contribution in [0.15, 0.2) is 4.99 Å². The van der Waals surface area contributed by atoms with Gasteiger partial charge in [-0.15, -0.1) is 24.0 Å². The fourth-order valence-electron chi connectivity index (χ4n) is 1.41. The molecule has 5 nitrogen and oxygen atoms in total. The zero-order valence-corrected chi connectivity index (χ0v) is 15.6. The van der Waals surface area contributed by atoms with Crippen LogP contribution in [-0.2, 0) is 9.84 Å². The number of rotatable bonds is 8. The minimum atomic E-state index is -2.93. The molecule has 0 amide bonds. The van der Waals surface area contributed by atoms with Gasteiger partial charge in [-0.25, -0.2) is 8.42 Å². The average molecular weight is 405 g/mol. The molecule has 0 bridgehead atoms. The molecule has 0 aromatic rings. The van der Waals surface area contributed by atoms with Crippen LogP contribution in [0.1, 0.15) is 33.6 Å². The molecule has 0 aliphatic rings. The van der Waals surface area contributed by atoms with E-state index in [2.05, 4.69) is 17.2 Å². The maximum atomic E-state index is 11.4. The van der Waals surface area contributed by atoms with E-state index in [9.17, 15) is 8.42 Å². The summed E-state index contributed by atoms with van der Waals surface area (Å²) in [4.78, 5) is 6.40. The Morgan fingerprint density at radius 3 is 2.37 bits per heavy atom. The van der Waals surface area contributed by atoms with Crippen LogP contribution in [0, 0.1) is 0 Å². The average Bonchev–Trinajstić information content (AvgIpc) is 2.34. The maximum absolute atomic E-state index is 11.4. The van der Waals surface area contributed by atoms with Crippen molar-refractivity contribution in [3.63, 3.8) is 0 Å². The summed E-state index contributed by atoms with van der Waals surface area (Å²) in [7, 11) is -0.948. The van der Waals surface area contributed by atoms with Crippen molar-refractivity contribution in [1.29, 1.82) is 0 Å². The summed E-state index contributed by atoms with van der Waals surface area (Å²) in [6, 6.07) is 0. The van der Waals surface area contributed by atoms with Gasteiger partial charge >= 0.3 is 0 Å². The molecule has 116 valence electrons. The Morgan fingerprint density at radius 1 is 1.26 bits per heavy atom. The van der Waals surface area contributed by atoms with E-state index >= 15 is 0 Å². The largest absolute Gasteiger partial charge is 0.357 e. The molecule has 19 heavy (non-hydrogen) atoms. The highest BCUT2D eigenvalue weighted by molar-refractivity contribution is 14.0. The summed E-state index contributed by atoms with van der Waals surface area (Å²) >= 11 is 0. The van der Waals surface area contributed by atoms with E-state index in [-0.39, 0.29) is 35.5 Å². The second-order valence-corrected chi connectivity index (χ2v) is 6.72. The fourth-order valence-corrected chi connectivity index (χ4v) is 2.06. The molecule has 1 N–H and O–H groups in total. The lowest BCUT2D eigenvalue weighted by atomic mass is 10.3. The Balaban J connectivity index is 0. The minimum absolute atomic E-state index is 0. The lowest BCUT2D eigenvalue weighted by Crippen LogP contribution is -2.39. The SMILES string of the molecule is CCCCN(C)C(=NCCS(=O)(=O)CC)NCC.I. The van der Waals surface area contributed by atoms with E-state index in [0.29, 0.717) is 6.54 Å². The number of aliphatic imine (C=N–C) groups is 1. The summed E-state index contributed by atoms with van der Waals surface area (Å²) in [5.74, 6) is 1.10. The van der Waals surface area contributed by atoms with Gasteiger partial charge < -0.3 is 10.2 Å². The van der Waals surface area contributed by atoms with Crippen molar-refractivity contribution in [2.45, 2.75) is 33.6 Å². The van der Waals surface area contributed by atoms with Crippen molar-refractivity contribution in [2.75, 3.05) is 38.2 Å². The Kier molecular flexibility index (Phi) is 13.1. The van der Waals surface area contributed by atoms with Gasteiger partial charge in [0.2, 0.25) is 0 Å². The second-order valence-electron chi connectivity index (χ2n) is 4.25. The summed E-state index contributed by atoms with van der Waals surface area (Å²) in [6.45, 7) is 7.86. The third-order valence-electron chi connectivity index (χ3n) is 2.65. The Labute approximate surface area is 135 Å². The van der Waals surface area contributed by atoms with Crippen LogP contribution in [0.5, 0.6) is 0 Å². The molecule has 0 radical (unpaired) electrons. The van der Waals surface area contributed by atoms with Gasteiger partial charge in [0.05, 0.1) is 12.3 Å². The third kappa shape index (κ3) is 10.4. The van der Waals surface area contributed by atoms with Gasteiger partial charge in [-0.1, -0.05) is 20.3 Å². The van der Waals surface area contributed by atoms with E-state index in [4.69, 9.17) is 0 Å². The zero-order valence-electron chi connectivity index (χ0n) is 12.5. The first-order valence-electron chi connectivity index (χ1n) is 6.66. The molecule has 7 heteroatoms. The molecule has 0 heterocycles. The smallest absolute Gasteiger partial charge is 0.193 e. The maximum Gasteiger partial charge on any atom is 0.193 e. The normalized spacial score (nSPS) is 11.9. The standard InChI is InChI=1S/C12H27N3O2S.HI/c1-5-8-10-15(4)12(13-6-2)14-9-11-18(16,17)7-3;/h5-11H2,1-4H3,(H,13,14);1H. The molecule has 0 unspecified atom stereocenters. The Morgan fingerprint density at radius 2 is 1.89 bits per heavy atom. The minimum Gasteiger partial charge on any atom is -0.357 e. The van der Waals surface area contributed by atoms with Crippen LogP contribution in [0.3, 0.4) is 0 Å². The molecular formula is C12H28IN3O2S. The fraction of sp³-hybridized carbons (Fsp3) is 0.917. The molecule has 0 rings (SSSR count). The highest BCUT2D eigenvalue weighted by atomic mass is 127. The van der Waals surface area contributed by atoms with Gasteiger partial charge in [-0.2, -0.15) is 0 Å². The number of guanidine groups is 1. The van der Waals surface area contributed by atoms with E-state index in [1.165, 1.54) is 0 Å². The molecule has 0 aromatic heterocycles. The van der Waals surface area contributed by atoms with E-state index in [0.717, 1.165) is 31.9 Å². The number of halogens is 1. The first-order valence-corrected chi connectivity index (χ1v) is 8.48. The topological polar surface area (TPSA) is 61.8 Å². The summed E-state index contributed by atoms with van der Waals surface area (Å²) in [5, 5.41) is 3.18. The number of nitrogens with zero attached hydrogens (tertiary/aromatic N) is 2. The van der Waals surface area contributed by atoms with Gasteiger partial charge in [0.25, 0.3) is 0 Å². The zero-order chi connectivity index (χ0) is 14.0. The quantitative estimate of drug-likeness (QED) is 0.380. The van der Waals surface area contributed by atoms with Gasteiger partial charge in [-0.3, -0.25) is 4.99 Å². The van der Waals surface area contributed by atoms with Gasteiger partial charge in [0, 0.05) is 25.9 Å². The third-order valence-corrected chi connectivity index (χ3v) is 4.33. The summed E-state index contributed by atoms with van der Waals surface area (Å²) in [6.07, 6.45) is 2.24. The van der Waals surface area contributed by atoms with Gasteiger partial charge in [-0.05, 0) is 13.3 Å². The van der Waals surface area contributed by atoms with Crippen LogP contribution in [0.2, 0.25) is 0 Å². The Bertz CT molecular complexity index is 345. The molecule has 0 saturated carbocycles. The van der Waals surface area contributed by atoms with E-state index in [1.807, 2.05) is 18.9 Å². The number of sulfone groups is 1. The predicted octanol–water partition coefficient (Wildman–Crippen LogP) is 1.74. The Hall–Kier alpha value is -0.0500. The van der Waals surface area contributed by atoms with Gasteiger partial charge in [0.15, 0.2) is 15.8 Å². The number of nitrogens with one attached hydrogen (secondary N) is 1. The molecule has 0 atom stereocenters. The van der Waals surface area contributed by atoms with Crippen LogP contribution in [0.25, 0.3) is 0 Å². The van der Waals surface area contributed by atoms with Crippen molar-refractivity contribution in [3.05, 3.63) is 0 Å². The highest BCUT2D eigenvalue weighted by Gasteiger charge is 2.08. The molecule has 0 fully saturated rings. The van der Waals surface area contributed by atoms with Crippen LogP contribution in [0.4, 0.5) is 0 Å². The molecule has 0 aliphatic heterocycles. The lowest BCUT2D eigenvalue weighted by molar-refractivity contribution is 0.465. The van der Waals surface area contributed by atoms with Crippen molar-refractivity contribution in [2.24, 2.45) is 4.99 Å². The van der Waals surface area contributed by atoms with Crippen LogP contribution < -0.4 is 5.32 Å². The van der Waals surface area contributed by atoms with E-state index in [1.54, 1.807) is 6.92 Å². The molecule has 0 saturated heterocycles. The first kappa shape index (κ1) is 21.3. The summed E-state index contributed by atoms with van der Waals surface area (Å²) in [5.41, 5.74) is 0. The number of hydrogen-bond donors (Lipinski definition) is 1. The van der Waals surface area contributed by atoms with Crippen molar-refractivity contribution in [3.8, 4) is 0 Å². The monoisotopic (exact) mass is 405 g/mol. The molecular weight excluding hydrogens is 377 g/mol. The van der Waals surface area contributed by atoms with Crippen molar-refractivity contribution in [1.82, 2.24) is 10.2 Å². The van der Waals surface area contributed by atoms with Crippen LogP contribution in [-0.4, -0.2) is 57.5 Å². The second kappa shape index (κ2) is 11.7. The predicted molar refractivity (Wildman–Crippen MR) is 93.3 cm³/mol. The molecule has 0 aromatic carbocycles. The van der Waals surface area contributed by atoms with Gasteiger partial charge in [0.1, 0.15) is 0 Å². The van der Waals surface area contributed by atoms with Crippen molar-refractivity contribution < 1.29 is 8.42 Å². The highest BCUT2D eigenvalue weighted by Crippen LogP contribution is 1.95. The van der Waals surface area contributed by atoms with Crippen LogP contribution >= 0.6 is 24.0 Å². The van der Waals surface area contributed by atoms with Crippen molar-refractivity contribution >= 4 is 39.8 Å². The summed E-state index contributed by atoms with van der Waals surface area (Å²) < 4.78 is 22.8. The molecule has 0 spiro atoms. The number of unbranched alkanes of at least 4 members (excludes halogenated alkanes) is 1.